The Labute approximate surface area is 114 Å². The molecule has 0 aliphatic carbocycles. The Balaban J connectivity index is 2.57. The molecule has 108 valence electrons. The van der Waals surface area contributed by atoms with Gasteiger partial charge < -0.3 is 5.11 Å². The molecule has 0 saturated carbocycles. The van der Waals surface area contributed by atoms with Crippen LogP contribution < -0.4 is 4.31 Å². The van der Waals surface area contributed by atoms with Crippen molar-refractivity contribution in [3.05, 3.63) is 33.9 Å². The summed E-state index contributed by atoms with van der Waals surface area (Å²) in [6.45, 7) is 1.91. The number of carboxylic acids is 1. The normalized spacial score (nSPS) is 20.9. The highest BCUT2D eigenvalue weighted by Crippen LogP contribution is 2.32. The van der Waals surface area contributed by atoms with Gasteiger partial charge in [-0.05, 0) is 12.0 Å². The lowest BCUT2D eigenvalue weighted by Crippen LogP contribution is -2.27. The minimum atomic E-state index is -3.58. The van der Waals surface area contributed by atoms with Gasteiger partial charge >= 0.3 is 5.97 Å². The Morgan fingerprint density at radius 1 is 1.50 bits per heavy atom. The van der Waals surface area contributed by atoms with E-state index in [1.165, 1.54) is 0 Å². The van der Waals surface area contributed by atoms with Crippen molar-refractivity contribution in [2.24, 2.45) is 5.92 Å². The quantitative estimate of drug-likeness (QED) is 0.659. The fourth-order valence-corrected chi connectivity index (χ4v) is 4.12. The van der Waals surface area contributed by atoms with Gasteiger partial charge in [0.25, 0.3) is 5.69 Å². The number of nitro groups is 1. The molecule has 1 unspecified atom stereocenters. The number of hydrogen-bond donors (Lipinski definition) is 1. The van der Waals surface area contributed by atoms with Gasteiger partial charge in [-0.15, -0.1) is 0 Å². The predicted molar refractivity (Wildman–Crippen MR) is 70.4 cm³/mol. The van der Waals surface area contributed by atoms with Crippen molar-refractivity contribution in [2.75, 3.05) is 16.6 Å². The zero-order valence-electron chi connectivity index (χ0n) is 10.5. The smallest absolute Gasteiger partial charge is 0.338 e. The lowest BCUT2D eigenvalue weighted by Gasteiger charge is -2.19. The molecule has 8 nitrogen and oxygen atoms in total. The summed E-state index contributed by atoms with van der Waals surface area (Å²) < 4.78 is 24.9. The molecule has 2 rings (SSSR count). The van der Waals surface area contributed by atoms with Crippen LogP contribution in [0, 0.1) is 16.0 Å². The molecule has 1 N–H and O–H groups in total. The number of rotatable bonds is 3. The molecule has 1 aliphatic rings. The summed E-state index contributed by atoms with van der Waals surface area (Å²) in [6.07, 6.45) is 0. The van der Waals surface area contributed by atoms with E-state index in [9.17, 15) is 23.3 Å². The van der Waals surface area contributed by atoms with Crippen molar-refractivity contribution in [1.29, 1.82) is 0 Å². The van der Waals surface area contributed by atoms with E-state index < -0.39 is 32.2 Å². The number of nitrogens with zero attached hydrogens (tertiary/aromatic N) is 2. The SMILES string of the molecule is CC1CN(c2ccc([N+](=O)[O-])cc2C(=O)O)S(=O)(=O)C1. The van der Waals surface area contributed by atoms with Crippen molar-refractivity contribution in [3.8, 4) is 0 Å². The van der Waals surface area contributed by atoms with Gasteiger partial charge in [0.1, 0.15) is 0 Å². The minimum absolute atomic E-state index is 0.0348. The second-order valence-corrected chi connectivity index (χ2v) is 6.62. The molecule has 1 saturated heterocycles. The van der Waals surface area contributed by atoms with Gasteiger partial charge in [-0.2, -0.15) is 0 Å². The van der Waals surface area contributed by atoms with Gasteiger partial charge in [-0.1, -0.05) is 6.92 Å². The van der Waals surface area contributed by atoms with Gasteiger partial charge in [-0.25, -0.2) is 13.2 Å². The highest BCUT2D eigenvalue weighted by Gasteiger charge is 2.36. The van der Waals surface area contributed by atoms with Crippen LogP contribution in [0.2, 0.25) is 0 Å². The summed E-state index contributed by atoms with van der Waals surface area (Å²) in [7, 11) is -3.58. The van der Waals surface area contributed by atoms with Crippen LogP contribution in [0.5, 0.6) is 0 Å². The van der Waals surface area contributed by atoms with E-state index in [0.717, 1.165) is 22.5 Å². The first kappa shape index (κ1) is 14.3. The number of nitro benzene ring substituents is 1. The molecule has 0 aromatic heterocycles. The van der Waals surface area contributed by atoms with Crippen LogP contribution >= 0.6 is 0 Å². The highest BCUT2D eigenvalue weighted by atomic mass is 32.2. The van der Waals surface area contributed by atoms with Gasteiger partial charge in [-0.3, -0.25) is 14.4 Å². The van der Waals surface area contributed by atoms with Crippen LogP contribution in [0.15, 0.2) is 18.2 Å². The number of sulfonamides is 1. The van der Waals surface area contributed by atoms with Crippen LogP contribution in [0.1, 0.15) is 17.3 Å². The third kappa shape index (κ3) is 2.44. The molecule has 20 heavy (non-hydrogen) atoms. The van der Waals surface area contributed by atoms with Crippen molar-refractivity contribution in [3.63, 3.8) is 0 Å². The van der Waals surface area contributed by atoms with E-state index >= 15 is 0 Å². The number of aromatic carboxylic acids is 1. The molecule has 0 bridgehead atoms. The van der Waals surface area contributed by atoms with E-state index in [1.54, 1.807) is 6.92 Å². The van der Waals surface area contributed by atoms with Gasteiger partial charge in [0.2, 0.25) is 10.0 Å². The molecule has 1 aromatic carbocycles. The maximum atomic E-state index is 12.0. The molecule has 1 atom stereocenters. The summed E-state index contributed by atoms with van der Waals surface area (Å²) in [4.78, 5) is 21.1. The van der Waals surface area contributed by atoms with Gasteiger partial charge in [0, 0.05) is 18.7 Å². The summed E-state index contributed by atoms with van der Waals surface area (Å²) in [6, 6.07) is 3.13. The lowest BCUT2D eigenvalue weighted by molar-refractivity contribution is -0.384. The number of hydrogen-bond acceptors (Lipinski definition) is 5. The third-order valence-corrected chi connectivity index (χ3v) is 5.01. The average molecular weight is 300 g/mol. The first-order valence-corrected chi connectivity index (χ1v) is 7.35. The molecule has 9 heteroatoms. The summed E-state index contributed by atoms with van der Waals surface area (Å²) in [5, 5.41) is 19.8. The largest absolute Gasteiger partial charge is 0.478 e. The Hall–Kier alpha value is -2.16. The molecule has 1 aromatic rings. The van der Waals surface area contributed by atoms with Crippen LogP contribution in [-0.4, -0.2) is 36.7 Å². The van der Waals surface area contributed by atoms with Crippen LogP contribution in [0.3, 0.4) is 0 Å². The number of benzene rings is 1. The van der Waals surface area contributed by atoms with E-state index in [-0.39, 0.29) is 23.9 Å². The standard InChI is InChI=1S/C11H12N2O6S/c1-7-5-12(20(18,19)6-7)10-3-2-8(13(16)17)4-9(10)11(14)15/h2-4,7H,5-6H2,1H3,(H,14,15). The summed E-state index contributed by atoms with van der Waals surface area (Å²) in [5.74, 6) is -1.60. The van der Waals surface area contributed by atoms with Crippen LogP contribution in [0.4, 0.5) is 11.4 Å². The Morgan fingerprint density at radius 3 is 2.60 bits per heavy atom. The number of anilines is 1. The maximum absolute atomic E-state index is 12.0. The molecular weight excluding hydrogens is 288 g/mol. The number of non-ortho nitro benzene ring substituents is 1. The predicted octanol–water partition coefficient (Wildman–Crippen LogP) is 1.08. The second-order valence-electron chi connectivity index (χ2n) is 4.68. The fourth-order valence-electron chi connectivity index (χ4n) is 2.17. The van der Waals surface area contributed by atoms with Crippen molar-refractivity contribution in [2.45, 2.75) is 6.92 Å². The fraction of sp³-hybridized carbons (Fsp3) is 0.364. The molecule has 0 spiro atoms. The highest BCUT2D eigenvalue weighted by molar-refractivity contribution is 7.93. The Kier molecular flexibility index (Phi) is 3.38. The molecule has 0 radical (unpaired) electrons. The van der Waals surface area contributed by atoms with Crippen LogP contribution in [0.25, 0.3) is 0 Å². The number of carbonyl (C=O) groups is 1. The summed E-state index contributed by atoms with van der Waals surface area (Å²) in [5.41, 5.74) is -0.819. The third-order valence-electron chi connectivity index (χ3n) is 3.00. The van der Waals surface area contributed by atoms with Crippen molar-refractivity contribution in [1.82, 2.24) is 0 Å². The molecule has 0 amide bonds. The van der Waals surface area contributed by atoms with Crippen molar-refractivity contribution >= 4 is 27.4 Å². The van der Waals surface area contributed by atoms with E-state index in [1.807, 2.05) is 0 Å². The minimum Gasteiger partial charge on any atom is -0.478 e. The van der Waals surface area contributed by atoms with E-state index in [0.29, 0.717) is 0 Å². The first-order chi connectivity index (χ1) is 9.22. The van der Waals surface area contributed by atoms with E-state index in [2.05, 4.69) is 0 Å². The zero-order valence-corrected chi connectivity index (χ0v) is 11.3. The van der Waals surface area contributed by atoms with Gasteiger partial charge in [0.05, 0.1) is 21.9 Å². The van der Waals surface area contributed by atoms with E-state index in [4.69, 9.17) is 5.11 Å². The first-order valence-electron chi connectivity index (χ1n) is 5.74. The Bertz CT molecular complexity index is 684. The molecule has 1 aliphatic heterocycles. The topological polar surface area (TPSA) is 118 Å². The number of carboxylic acid groups (broad SMARTS) is 1. The monoisotopic (exact) mass is 300 g/mol. The maximum Gasteiger partial charge on any atom is 0.338 e. The van der Waals surface area contributed by atoms with Crippen molar-refractivity contribution < 1.29 is 23.2 Å². The van der Waals surface area contributed by atoms with Gasteiger partial charge in [0.15, 0.2) is 0 Å². The zero-order chi connectivity index (χ0) is 15.1. The molecular formula is C11H12N2O6S. The van der Waals surface area contributed by atoms with Crippen LogP contribution in [-0.2, 0) is 10.0 Å². The second kappa shape index (κ2) is 4.75. The molecule has 1 heterocycles. The average Bonchev–Trinajstić information content (AvgIpc) is 2.61. The summed E-state index contributed by atoms with van der Waals surface area (Å²) >= 11 is 0. The Morgan fingerprint density at radius 2 is 2.15 bits per heavy atom. The molecule has 1 fully saturated rings. The lowest BCUT2D eigenvalue weighted by atomic mass is 10.1.